The minimum Gasteiger partial charge on any atom is -0.444 e. The highest BCUT2D eigenvalue weighted by Gasteiger charge is 2.25. The maximum atomic E-state index is 12.4. The molecule has 8 nitrogen and oxygen atoms in total. The summed E-state index contributed by atoms with van der Waals surface area (Å²) >= 11 is 0. The molecular weight excluding hydrogens is 482 g/mol. The van der Waals surface area contributed by atoms with Crippen molar-refractivity contribution in [3.05, 3.63) is 71.8 Å². The molecule has 0 saturated carbocycles. The van der Waals surface area contributed by atoms with Crippen LogP contribution in [0.25, 0.3) is 0 Å². The third kappa shape index (κ3) is 13.4. The Kier molecular flexibility index (Phi) is 12.1. The fourth-order valence-electron chi connectivity index (χ4n) is 3.88. The van der Waals surface area contributed by atoms with Gasteiger partial charge in [-0.15, -0.1) is 0 Å². The number of rotatable bonds is 12. The lowest BCUT2D eigenvalue weighted by Crippen LogP contribution is -2.50. The molecule has 3 atom stereocenters. The SMILES string of the molecule is CC(C)(C)OC(=O)N[C@H](CCNC[C@@H](O)[C@H](Cc1ccccc1)NC(=O)OC(C)(C)C)Cc1ccccc1. The van der Waals surface area contributed by atoms with Crippen LogP contribution in [-0.4, -0.2) is 59.8 Å². The van der Waals surface area contributed by atoms with Crippen LogP contribution in [0.1, 0.15) is 59.1 Å². The third-order valence-corrected chi connectivity index (χ3v) is 5.53. The minimum absolute atomic E-state index is 0.156. The van der Waals surface area contributed by atoms with E-state index in [2.05, 4.69) is 16.0 Å². The molecule has 210 valence electrons. The molecule has 0 aliphatic carbocycles. The summed E-state index contributed by atoms with van der Waals surface area (Å²) in [7, 11) is 0. The maximum absolute atomic E-state index is 12.4. The number of ether oxygens (including phenoxy) is 2. The molecule has 0 aliphatic heterocycles. The standard InChI is InChI=1S/C30H45N3O5/c1-29(2,3)37-27(35)32-24(19-22-13-9-7-10-14-22)17-18-31-21-26(34)25(20-23-15-11-8-12-16-23)33-28(36)38-30(4,5)6/h7-16,24-26,31,34H,17-21H2,1-6H3,(H,32,35)(H,33,36)/t24-,25+,26-/m1/s1. The van der Waals surface area contributed by atoms with Crippen LogP contribution < -0.4 is 16.0 Å². The lowest BCUT2D eigenvalue weighted by Gasteiger charge is -2.27. The average molecular weight is 528 g/mol. The van der Waals surface area contributed by atoms with E-state index in [9.17, 15) is 14.7 Å². The Balaban J connectivity index is 1.96. The summed E-state index contributed by atoms with van der Waals surface area (Å²) in [4.78, 5) is 24.9. The minimum atomic E-state index is -0.853. The van der Waals surface area contributed by atoms with Gasteiger partial charge in [-0.1, -0.05) is 60.7 Å². The number of aliphatic hydroxyl groups is 1. The normalized spacial score (nSPS) is 14.2. The highest BCUT2D eigenvalue weighted by Crippen LogP contribution is 2.12. The van der Waals surface area contributed by atoms with Gasteiger partial charge in [0.2, 0.25) is 0 Å². The topological polar surface area (TPSA) is 109 Å². The summed E-state index contributed by atoms with van der Waals surface area (Å²) in [6, 6.07) is 18.9. The molecule has 38 heavy (non-hydrogen) atoms. The molecule has 8 heteroatoms. The van der Waals surface area contributed by atoms with Gasteiger partial charge in [0.15, 0.2) is 0 Å². The van der Waals surface area contributed by atoms with E-state index in [0.717, 1.165) is 11.1 Å². The van der Waals surface area contributed by atoms with Crippen molar-refractivity contribution in [3.63, 3.8) is 0 Å². The monoisotopic (exact) mass is 527 g/mol. The average Bonchev–Trinajstić information content (AvgIpc) is 2.80. The molecule has 4 N–H and O–H groups in total. The molecule has 0 aromatic heterocycles. The van der Waals surface area contributed by atoms with Gasteiger partial charge in [0.25, 0.3) is 0 Å². The van der Waals surface area contributed by atoms with E-state index >= 15 is 0 Å². The van der Waals surface area contributed by atoms with Crippen molar-refractivity contribution in [2.45, 2.75) is 90.2 Å². The fourth-order valence-corrected chi connectivity index (χ4v) is 3.88. The number of hydrogen-bond donors (Lipinski definition) is 4. The molecule has 0 unspecified atom stereocenters. The second-order valence-corrected chi connectivity index (χ2v) is 11.5. The highest BCUT2D eigenvalue weighted by atomic mass is 16.6. The number of aliphatic hydroxyl groups excluding tert-OH is 1. The van der Waals surface area contributed by atoms with E-state index < -0.39 is 35.5 Å². The van der Waals surface area contributed by atoms with Gasteiger partial charge in [0.1, 0.15) is 11.2 Å². The molecule has 0 bridgehead atoms. The number of carbonyl (C=O) groups is 2. The van der Waals surface area contributed by atoms with Crippen LogP contribution in [0.2, 0.25) is 0 Å². The molecule has 0 heterocycles. The summed E-state index contributed by atoms with van der Waals surface area (Å²) < 4.78 is 10.9. The van der Waals surface area contributed by atoms with Gasteiger partial charge in [-0.3, -0.25) is 0 Å². The highest BCUT2D eigenvalue weighted by molar-refractivity contribution is 5.68. The lowest BCUT2D eigenvalue weighted by atomic mass is 10.0. The first-order valence-electron chi connectivity index (χ1n) is 13.3. The van der Waals surface area contributed by atoms with Crippen LogP contribution in [0.5, 0.6) is 0 Å². The predicted molar refractivity (Wildman–Crippen MR) is 150 cm³/mol. The van der Waals surface area contributed by atoms with Gasteiger partial charge >= 0.3 is 12.2 Å². The van der Waals surface area contributed by atoms with Gasteiger partial charge < -0.3 is 30.5 Å². The molecule has 0 fully saturated rings. The first-order valence-corrected chi connectivity index (χ1v) is 13.3. The zero-order valence-electron chi connectivity index (χ0n) is 23.6. The Labute approximate surface area is 227 Å². The van der Waals surface area contributed by atoms with Crippen molar-refractivity contribution >= 4 is 12.2 Å². The van der Waals surface area contributed by atoms with Crippen LogP contribution >= 0.6 is 0 Å². The van der Waals surface area contributed by atoms with E-state index in [0.29, 0.717) is 25.8 Å². The molecule has 0 aliphatic rings. The van der Waals surface area contributed by atoms with E-state index in [-0.39, 0.29) is 12.6 Å². The zero-order chi connectivity index (χ0) is 28.2. The Hall–Kier alpha value is -3.10. The van der Waals surface area contributed by atoms with E-state index in [1.54, 1.807) is 20.8 Å². The molecule has 2 aromatic carbocycles. The smallest absolute Gasteiger partial charge is 0.407 e. The zero-order valence-corrected chi connectivity index (χ0v) is 23.6. The number of alkyl carbamates (subject to hydrolysis) is 2. The Morgan fingerprint density at radius 1 is 0.763 bits per heavy atom. The predicted octanol–water partition coefficient (Wildman–Crippen LogP) is 4.60. The van der Waals surface area contributed by atoms with E-state index in [1.807, 2.05) is 81.4 Å². The van der Waals surface area contributed by atoms with Crippen LogP contribution in [0.4, 0.5) is 9.59 Å². The van der Waals surface area contributed by atoms with Crippen LogP contribution in [-0.2, 0) is 22.3 Å². The molecule has 2 aromatic rings. The van der Waals surface area contributed by atoms with Crippen molar-refractivity contribution in [3.8, 4) is 0 Å². The molecule has 2 amide bonds. The van der Waals surface area contributed by atoms with Gasteiger partial charge in [0.05, 0.1) is 12.1 Å². The first-order chi connectivity index (χ1) is 17.8. The number of hydrogen-bond acceptors (Lipinski definition) is 6. The Morgan fingerprint density at radius 2 is 1.24 bits per heavy atom. The van der Waals surface area contributed by atoms with Crippen molar-refractivity contribution < 1.29 is 24.2 Å². The maximum Gasteiger partial charge on any atom is 0.407 e. The van der Waals surface area contributed by atoms with Gasteiger partial charge in [-0.2, -0.15) is 0 Å². The fraction of sp³-hybridized carbons (Fsp3) is 0.533. The van der Waals surface area contributed by atoms with E-state index in [1.165, 1.54) is 0 Å². The molecule has 0 saturated heterocycles. The summed E-state index contributed by atoms with van der Waals surface area (Å²) in [5.74, 6) is 0. The lowest BCUT2D eigenvalue weighted by molar-refractivity contribution is 0.0422. The second-order valence-electron chi connectivity index (χ2n) is 11.5. The van der Waals surface area contributed by atoms with Crippen LogP contribution in [0, 0.1) is 0 Å². The summed E-state index contributed by atoms with van der Waals surface area (Å²) in [6.45, 7) is 11.7. The number of benzene rings is 2. The molecular formula is C30H45N3O5. The molecule has 0 radical (unpaired) electrons. The van der Waals surface area contributed by atoms with Crippen molar-refractivity contribution in [1.82, 2.24) is 16.0 Å². The van der Waals surface area contributed by atoms with Crippen molar-refractivity contribution in [2.75, 3.05) is 13.1 Å². The van der Waals surface area contributed by atoms with Gasteiger partial charge in [-0.05, 0) is 78.5 Å². The number of amides is 2. The Bertz CT molecular complexity index is 971. The largest absolute Gasteiger partial charge is 0.444 e. The molecule has 0 spiro atoms. The second kappa shape index (κ2) is 14.7. The van der Waals surface area contributed by atoms with Crippen molar-refractivity contribution in [1.29, 1.82) is 0 Å². The van der Waals surface area contributed by atoms with Gasteiger partial charge in [-0.25, -0.2) is 9.59 Å². The molecule has 2 rings (SSSR count). The Morgan fingerprint density at radius 3 is 1.74 bits per heavy atom. The third-order valence-electron chi connectivity index (χ3n) is 5.53. The van der Waals surface area contributed by atoms with Crippen LogP contribution in [0.15, 0.2) is 60.7 Å². The number of nitrogens with one attached hydrogen (secondary N) is 3. The van der Waals surface area contributed by atoms with Gasteiger partial charge in [0, 0.05) is 12.6 Å². The first kappa shape index (κ1) is 31.1. The number of carbonyl (C=O) groups excluding carboxylic acids is 2. The van der Waals surface area contributed by atoms with E-state index in [4.69, 9.17) is 9.47 Å². The summed E-state index contributed by atoms with van der Waals surface area (Å²) in [5, 5.41) is 20.0. The summed E-state index contributed by atoms with van der Waals surface area (Å²) in [6.07, 6.45) is -0.135. The van der Waals surface area contributed by atoms with Crippen LogP contribution in [0.3, 0.4) is 0 Å². The quantitative estimate of drug-likeness (QED) is 0.301. The summed E-state index contributed by atoms with van der Waals surface area (Å²) in [5.41, 5.74) is 0.883. The van der Waals surface area contributed by atoms with Crippen molar-refractivity contribution in [2.24, 2.45) is 0 Å².